The van der Waals surface area contributed by atoms with E-state index < -0.39 is 48.8 Å². The molecule has 1 aliphatic rings. The smallest absolute Gasteiger partial charge is 0.245 e. The fraction of sp³-hybridized carbons (Fsp3) is 0.556. The van der Waals surface area contributed by atoms with E-state index in [2.05, 4.69) is 5.32 Å². The zero-order valence-corrected chi connectivity index (χ0v) is 14.7. The second-order valence-electron chi connectivity index (χ2n) is 6.35. The van der Waals surface area contributed by atoms with Crippen LogP contribution in [0.2, 0.25) is 0 Å². The summed E-state index contributed by atoms with van der Waals surface area (Å²) in [6, 6.07) is 6.72. The first kappa shape index (κ1) is 20.3. The van der Waals surface area contributed by atoms with Gasteiger partial charge in [-0.2, -0.15) is 0 Å². The first-order chi connectivity index (χ1) is 12.4. The third-order valence-corrected chi connectivity index (χ3v) is 4.64. The predicted molar refractivity (Wildman–Crippen MR) is 93.0 cm³/mol. The third-order valence-electron chi connectivity index (χ3n) is 4.64. The SMILES string of the molecule is CCNC(=O)[C@@H]1[C@@H](O)[C@@H](O)[C@H](O)[C@@H](CO)N1C(=O)CCc1ccccc1. The Morgan fingerprint density at radius 1 is 1.08 bits per heavy atom. The molecule has 0 spiro atoms. The zero-order chi connectivity index (χ0) is 19.3. The van der Waals surface area contributed by atoms with Crippen LogP contribution in [-0.2, 0) is 16.0 Å². The van der Waals surface area contributed by atoms with Gasteiger partial charge in [0.2, 0.25) is 11.8 Å². The van der Waals surface area contributed by atoms with E-state index in [1.54, 1.807) is 6.92 Å². The third kappa shape index (κ3) is 4.21. The van der Waals surface area contributed by atoms with Gasteiger partial charge in [-0.05, 0) is 18.9 Å². The number of rotatable bonds is 6. The van der Waals surface area contributed by atoms with Gasteiger partial charge in [0.1, 0.15) is 24.4 Å². The van der Waals surface area contributed by atoms with Crippen molar-refractivity contribution in [3.05, 3.63) is 35.9 Å². The Balaban J connectivity index is 2.24. The standard InChI is InChI=1S/C18H26N2O6/c1-2-19-18(26)14-16(24)17(25)15(23)12(10-21)20(14)13(22)9-8-11-6-4-3-5-7-11/h3-7,12,14-17,21,23-25H,2,8-10H2,1H3,(H,19,26)/t12-,14+,15-,16-,17+/m1/s1. The van der Waals surface area contributed by atoms with Gasteiger partial charge < -0.3 is 30.6 Å². The van der Waals surface area contributed by atoms with Gasteiger partial charge in [-0.15, -0.1) is 0 Å². The number of hydrogen-bond donors (Lipinski definition) is 5. The first-order valence-corrected chi connectivity index (χ1v) is 8.70. The highest BCUT2D eigenvalue weighted by Gasteiger charge is 2.51. The molecule has 0 unspecified atom stereocenters. The van der Waals surface area contributed by atoms with E-state index in [1.165, 1.54) is 0 Å². The number of benzene rings is 1. The van der Waals surface area contributed by atoms with Gasteiger partial charge in [0, 0.05) is 13.0 Å². The normalized spacial score (nSPS) is 28.7. The van der Waals surface area contributed by atoms with Gasteiger partial charge >= 0.3 is 0 Å². The number of nitrogens with one attached hydrogen (secondary N) is 1. The Kier molecular flexibility index (Phi) is 7.10. The number of aliphatic hydroxyl groups excluding tert-OH is 4. The number of hydrogen-bond acceptors (Lipinski definition) is 6. The molecule has 2 rings (SSSR count). The summed E-state index contributed by atoms with van der Waals surface area (Å²) in [6.45, 7) is 1.32. The number of likely N-dealkylation sites (tertiary alicyclic amines) is 1. The van der Waals surface area contributed by atoms with Gasteiger partial charge in [-0.3, -0.25) is 9.59 Å². The minimum atomic E-state index is -1.65. The summed E-state index contributed by atoms with van der Waals surface area (Å²) in [7, 11) is 0. The van der Waals surface area contributed by atoms with Crippen molar-refractivity contribution in [2.45, 2.75) is 50.2 Å². The fourth-order valence-corrected chi connectivity index (χ4v) is 3.27. The highest BCUT2D eigenvalue weighted by molar-refractivity contribution is 5.89. The molecule has 144 valence electrons. The van der Waals surface area contributed by atoms with Crippen molar-refractivity contribution in [1.82, 2.24) is 10.2 Å². The maximum absolute atomic E-state index is 12.8. The summed E-state index contributed by atoms with van der Waals surface area (Å²) in [5.74, 6) is -1.13. The monoisotopic (exact) mass is 366 g/mol. The van der Waals surface area contributed by atoms with Crippen LogP contribution in [0.4, 0.5) is 0 Å². The molecule has 1 aliphatic heterocycles. The largest absolute Gasteiger partial charge is 0.394 e. The summed E-state index contributed by atoms with van der Waals surface area (Å²) in [5.41, 5.74) is 0.925. The molecule has 1 saturated heterocycles. The van der Waals surface area contributed by atoms with E-state index >= 15 is 0 Å². The second kappa shape index (κ2) is 9.09. The number of carbonyl (C=O) groups is 2. The molecule has 26 heavy (non-hydrogen) atoms. The highest BCUT2D eigenvalue weighted by atomic mass is 16.4. The molecule has 8 nitrogen and oxygen atoms in total. The number of piperidine rings is 1. The van der Waals surface area contributed by atoms with Crippen molar-refractivity contribution >= 4 is 11.8 Å². The van der Waals surface area contributed by atoms with E-state index in [9.17, 15) is 30.0 Å². The molecule has 1 aromatic carbocycles. The maximum Gasteiger partial charge on any atom is 0.245 e. The van der Waals surface area contributed by atoms with Crippen LogP contribution in [-0.4, -0.2) is 80.7 Å². The summed E-state index contributed by atoms with van der Waals surface area (Å²) in [4.78, 5) is 26.2. The average molecular weight is 366 g/mol. The lowest BCUT2D eigenvalue weighted by Crippen LogP contribution is -2.71. The number of nitrogens with zero attached hydrogens (tertiary/aromatic N) is 1. The Morgan fingerprint density at radius 2 is 1.73 bits per heavy atom. The van der Waals surface area contributed by atoms with Crippen LogP contribution >= 0.6 is 0 Å². The lowest BCUT2D eigenvalue weighted by molar-refractivity contribution is -0.187. The Morgan fingerprint density at radius 3 is 2.31 bits per heavy atom. The lowest BCUT2D eigenvalue weighted by Gasteiger charge is -2.47. The van der Waals surface area contributed by atoms with Gasteiger partial charge in [0.05, 0.1) is 12.6 Å². The molecule has 0 saturated carbocycles. The number of amides is 2. The topological polar surface area (TPSA) is 130 Å². The van der Waals surface area contributed by atoms with E-state index in [1.807, 2.05) is 30.3 Å². The van der Waals surface area contributed by atoms with Crippen LogP contribution in [0.5, 0.6) is 0 Å². The molecule has 8 heteroatoms. The molecule has 1 aromatic rings. The summed E-state index contributed by atoms with van der Waals surface area (Å²) < 4.78 is 0. The molecule has 0 radical (unpaired) electrons. The average Bonchev–Trinajstić information content (AvgIpc) is 2.65. The van der Waals surface area contributed by atoms with Crippen LogP contribution in [0.1, 0.15) is 18.9 Å². The molecular formula is C18H26N2O6. The quantitative estimate of drug-likeness (QED) is 0.413. The Labute approximate surface area is 152 Å². The second-order valence-corrected chi connectivity index (χ2v) is 6.35. The van der Waals surface area contributed by atoms with E-state index in [0.717, 1.165) is 10.5 Å². The van der Waals surface area contributed by atoms with Crippen molar-refractivity contribution in [1.29, 1.82) is 0 Å². The molecule has 0 aromatic heterocycles. The fourth-order valence-electron chi connectivity index (χ4n) is 3.27. The van der Waals surface area contributed by atoms with Gasteiger partial charge in [-0.25, -0.2) is 0 Å². The van der Waals surface area contributed by atoms with E-state index in [-0.39, 0.29) is 13.0 Å². The molecule has 2 amide bonds. The Bertz CT molecular complexity index is 611. The van der Waals surface area contributed by atoms with Gasteiger partial charge in [0.15, 0.2) is 0 Å². The molecule has 0 aliphatic carbocycles. The zero-order valence-electron chi connectivity index (χ0n) is 14.7. The summed E-state index contributed by atoms with van der Waals surface area (Å²) in [6.07, 6.45) is -4.41. The summed E-state index contributed by atoms with van der Waals surface area (Å²) >= 11 is 0. The van der Waals surface area contributed by atoms with Crippen LogP contribution in [0.15, 0.2) is 30.3 Å². The van der Waals surface area contributed by atoms with Crippen molar-refractivity contribution in [2.75, 3.05) is 13.2 Å². The first-order valence-electron chi connectivity index (χ1n) is 8.70. The van der Waals surface area contributed by atoms with Gasteiger partial charge in [0.25, 0.3) is 0 Å². The van der Waals surface area contributed by atoms with Crippen molar-refractivity contribution < 1.29 is 30.0 Å². The number of aryl methyl sites for hydroxylation is 1. The minimum absolute atomic E-state index is 0.0337. The highest BCUT2D eigenvalue weighted by Crippen LogP contribution is 2.26. The maximum atomic E-state index is 12.8. The predicted octanol–water partition coefficient (Wildman–Crippen LogP) is -1.59. The Hall–Kier alpha value is -2.00. The van der Waals surface area contributed by atoms with Crippen molar-refractivity contribution in [2.24, 2.45) is 0 Å². The van der Waals surface area contributed by atoms with Crippen molar-refractivity contribution in [3.8, 4) is 0 Å². The van der Waals surface area contributed by atoms with E-state index in [0.29, 0.717) is 6.42 Å². The number of carbonyl (C=O) groups excluding carboxylic acids is 2. The van der Waals surface area contributed by atoms with Crippen molar-refractivity contribution in [3.63, 3.8) is 0 Å². The molecular weight excluding hydrogens is 340 g/mol. The number of aliphatic hydroxyl groups is 4. The van der Waals surface area contributed by atoms with Gasteiger partial charge in [-0.1, -0.05) is 30.3 Å². The minimum Gasteiger partial charge on any atom is -0.394 e. The summed E-state index contributed by atoms with van der Waals surface area (Å²) in [5, 5.41) is 42.6. The van der Waals surface area contributed by atoms with E-state index in [4.69, 9.17) is 0 Å². The van der Waals surface area contributed by atoms with Crippen LogP contribution in [0, 0.1) is 0 Å². The lowest BCUT2D eigenvalue weighted by atomic mass is 9.87. The molecule has 5 N–H and O–H groups in total. The van der Waals surface area contributed by atoms with Crippen LogP contribution < -0.4 is 5.32 Å². The number of likely N-dealkylation sites (N-methyl/N-ethyl adjacent to an activating group) is 1. The molecule has 0 bridgehead atoms. The van der Waals surface area contributed by atoms with Crippen LogP contribution in [0.25, 0.3) is 0 Å². The van der Waals surface area contributed by atoms with Crippen LogP contribution in [0.3, 0.4) is 0 Å². The molecule has 1 fully saturated rings. The molecule has 5 atom stereocenters. The molecule has 1 heterocycles.